The highest BCUT2D eigenvalue weighted by molar-refractivity contribution is 5.92. The monoisotopic (exact) mass is 217 g/mol. The van der Waals surface area contributed by atoms with Crippen LogP contribution < -0.4 is 0 Å². The smallest absolute Gasteiger partial charge is 0.181 e. The molecule has 0 aromatic carbocycles. The van der Waals surface area contributed by atoms with E-state index in [4.69, 9.17) is 4.42 Å². The summed E-state index contributed by atoms with van der Waals surface area (Å²) in [5.74, 6) is 0.184. The molecule has 4 nitrogen and oxygen atoms in total. The van der Waals surface area contributed by atoms with Gasteiger partial charge < -0.3 is 9.40 Å². The van der Waals surface area contributed by atoms with E-state index >= 15 is 0 Å². The van der Waals surface area contributed by atoms with Crippen LogP contribution in [0.4, 0.5) is 4.39 Å². The highest BCUT2D eigenvalue weighted by Crippen LogP contribution is 2.28. The Morgan fingerprint density at radius 2 is 2.25 bits per heavy atom. The van der Waals surface area contributed by atoms with Crippen molar-refractivity contribution >= 4 is 10.9 Å². The number of nitrogens with zero attached hydrogens (tertiary/aromatic N) is 2. The van der Waals surface area contributed by atoms with Gasteiger partial charge in [-0.2, -0.15) is 0 Å². The van der Waals surface area contributed by atoms with E-state index in [1.807, 2.05) is 6.92 Å². The summed E-state index contributed by atoms with van der Waals surface area (Å²) in [6, 6.07) is 0. The fourth-order valence-corrected chi connectivity index (χ4v) is 1.79. The van der Waals surface area contributed by atoms with Crippen molar-refractivity contribution < 1.29 is 8.81 Å². The molecule has 0 radical (unpaired) electrons. The number of aromatic amines is 1. The Morgan fingerprint density at radius 1 is 1.38 bits per heavy atom. The first kappa shape index (κ1) is 9.08. The molecule has 1 N–H and O–H groups in total. The van der Waals surface area contributed by atoms with E-state index < -0.39 is 0 Å². The van der Waals surface area contributed by atoms with Gasteiger partial charge in [0.1, 0.15) is 5.69 Å². The summed E-state index contributed by atoms with van der Waals surface area (Å²) >= 11 is 0. The van der Waals surface area contributed by atoms with Gasteiger partial charge in [-0.1, -0.05) is 0 Å². The number of H-pyrrole nitrogens is 1. The van der Waals surface area contributed by atoms with Crippen molar-refractivity contribution in [2.75, 3.05) is 0 Å². The van der Waals surface area contributed by atoms with Crippen LogP contribution in [-0.4, -0.2) is 15.0 Å². The van der Waals surface area contributed by atoms with Crippen molar-refractivity contribution in [1.82, 2.24) is 15.0 Å². The van der Waals surface area contributed by atoms with E-state index in [1.165, 1.54) is 12.6 Å². The molecule has 0 atom stereocenters. The van der Waals surface area contributed by atoms with Crippen LogP contribution >= 0.6 is 0 Å². The Labute approximate surface area is 90.1 Å². The minimum Gasteiger partial charge on any atom is -0.442 e. The fraction of sp³-hybridized carbons (Fsp3) is 0.0909. The van der Waals surface area contributed by atoms with Crippen LogP contribution in [0, 0.1) is 12.7 Å². The molecule has 0 aliphatic carbocycles. The SMILES string of the molecule is Cc1c[nH]c2c(-c3cnco3)ncc(F)c12. The van der Waals surface area contributed by atoms with Gasteiger partial charge in [-0.25, -0.2) is 14.4 Å². The number of oxazole rings is 1. The van der Waals surface area contributed by atoms with Gasteiger partial charge in [-0.3, -0.25) is 0 Å². The first-order valence-electron chi connectivity index (χ1n) is 4.78. The van der Waals surface area contributed by atoms with Crippen LogP contribution in [0.25, 0.3) is 22.4 Å². The maximum atomic E-state index is 13.6. The number of halogens is 1. The van der Waals surface area contributed by atoms with E-state index in [-0.39, 0.29) is 5.82 Å². The van der Waals surface area contributed by atoms with E-state index in [2.05, 4.69) is 15.0 Å². The van der Waals surface area contributed by atoms with Crippen molar-refractivity contribution in [3.8, 4) is 11.5 Å². The largest absolute Gasteiger partial charge is 0.442 e. The van der Waals surface area contributed by atoms with Crippen molar-refractivity contribution in [3.63, 3.8) is 0 Å². The molecule has 0 saturated carbocycles. The number of fused-ring (bicyclic) bond motifs is 1. The third-order valence-electron chi connectivity index (χ3n) is 2.53. The molecule has 0 saturated heterocycles. The van der Waals surface area contributed by atoms with Crippen LogP contribution in [-0.2, 0) is 0 Å². The molecule has 16 heavy (non-hydrogen) atoms. The average molecular weight is 217 g/mol. The number of hydrogen-bond acceptors (Lipinski definition) is 3. The lowest BCUT2D eigenvalue weighted by Gasteiger charge is -1.99. The van der Waals surface area contributed by atoms with Gasteiger partial charge in [0.25, 0.3) is 0 Å². The summed E-state index contributed by atoms with van der Waals surface area (Å²) in [7, 11) is 0. The van der Waals surface area contributed by atoms with Gasteiger partial charge in [-0.05, 0) is 12.5 Å². The molecule has 5 heteroatoms. The number of aromatic nitrogens is 3. The lowest BCUT2D eigenvalue weighted by molar-refractivity contribution is 0.569. The first-order valence-corrected chi connectivity index (χ1v) is 4.78. The molecule has 3 aromatic heterocycles. The number of rotatable bonds is 1. The molecule has 0 bridgehead atoms. The summed E-state index contributed by atoms with van der Waals surface area (Å²) in [5, 5.41) is 0.543. The van der Waals surface area contributed by atoms with Crippen LogP contribution in [0.15, 0.2) is 29.4 Å². The topological polar surface area (TPSA) is 54.7 Å². The summed E-state index contributed by atoms with van der Waals surface area (Å²) in [6.07, 6.45) is 5.81. The van der Waals surface area contributed by atoms with Gasteiger partial charge in [0, 0.05) is 11.6 Å². The maximum Gasteiger partial charge on any atom is 0.181 e. The minimum absolute atomic E-state index is 0.336. The van der Waals surface area contributed by atoms with Crippen LogP contribution in [0.3, 0.4) is 0 Å². The summed E-state index contributed by atoms with van der Waals surface area (Å²) in [5.41, 5.74) is 2.05. The summed E-state index contributed by atoms with van der Waals surface area (Å²) < 4.78 is 18.7. The van der Waals surface area contributed by atoms with Crippen LogP contribution in [0.2, 0.25) is 0 Å². The lowest BCUT2D eigenvalue weighted by Crippen LogP contribution is -1.87. The van der Waals surface area contributed by atoms with Gasteiger partial charge in [-0.15, -0.1) is 0 Å². The number of nitrogens with one attached hydrogen (secondary N) is 1. The molecule has 0 aliphatic rings. The Morgan fingerprint density at radius 3 is 3.00 bits per heavy atom. The third-order valence-corrected chi connectivity index (χ3v) is 2.53. The van der Waals surface area contributed by atoms with Crippen molar-refractivity contribution in [3.05, 3.63) is 36.4 Å². The van der Waals surface area contributed by atoms with Crippen molar-refractivity contribution in [2.45, 2.75) is 6.92 Å². The number of hydrogen-bond donors (Lipinski definition) is 1. The zero-order chi connectivity index (χ0) is 11.1. The molecule has 3 rings (SSSR count). The Balaban J connectivity index is 2.39. The third kappa shape index (κ3) is 1.14. The molecule has 80 valence electrons. The van der Waals surface area contributed by atoms with Gasteiger partial charge >= 0.3 is 0 Å². The molecule has 0 fully saturated rings. The second kappa shape index (κ2) is 3.16. The molecular formula is C11H8FN3O. The van der Waals surface area contributed by atoms with E-state index in [9.17, 15) is 4.39 Å². The first-order chi connectivity index (χ1) is 7.77. The van der Waals surface area contributed by atoms with Crippen molar-refractivity contribution in [1.29, 1.82) is 0 Å². The van der Waals surface area contributed by atoms with Gasteiger partial charge in [0.15, 0.2) is 18.0 Å². The van der Waals surface area contributed by atoms with Crippen molar-refractivity contribution in [2.24, 2.45) is 0 Å². The number of pyridine rings is 1. The van der Waals surface area contributed by atoms with Crippen LogP contribution in [0.5, 0.6) is 0 Å². The van der Waals surface area contributed by atoms with Gasteiger partial charge in [0.2, 0.25) is 0 Å². The highest BCUT2D eigenvalue weighted by atomic mass is 19.1. The zero-order valence-electron chi connectivity index (χ0n) is 8.49. The normalized spacial score (nSPS) is 11.1. The van der Waals surface area contributed by atoms with E-state index in [0.29, 0.717) is 22.4 Å². The maximum absolute atomic E-state index is 13.6. The predicted molar refractivity (Wildman–Crippen MR) is 56.3 cm³/mol. The van der Waals surface area contributed by atoms with E-state index in [1.54, 1.807) is 12.4 Å². The Hall–Kier alpha value is -2.17. The molecule has 0 amide bonds. The second-order valence-corrected chi connectivity index (χ2v) is 3.54. The molecule has 3 heterocycles. The Kier molecular flexibility index (Phi) is 1.80. The summed E-state index contributed by atoms with van der Waals surface area (Å²) in [6.45, 7) is 1.84. The lowest BCUT2D eigenvalue weighted by atomic mass is 10.1. The highest BCUT2D eigenvalue weighted by Gasteiger charge is 2.14. The molecule has 0 spiro atoms. The van der Waals surface area contributed by atoms with E-state index in [0.717, 1.165) is 5.56 Å². The molecular weight excluding hydrogens is 209 g/mol. The fourth-order valence-electron chi connectivity index (χ4n) is 1.79. The van der Waals surface area contributed by atoms with Gasteiger partial charge in [0.05, 0.1) is 17.9 Å². The summed E-state index contributed by atoms with van der Waals surface area (Å²) in [4.78, 5) is 10.8. The number of aryl methyl sites for hydroxylation is 1. The van der Waals surface area contributed by atoms with Crippen LogP contribution in [0.1, 0.15) is 5.56 Å². The second-order valence-electron chi connectivity index (χ2n) is 3.54. The molecule has 3 aromatic rings. The Bertz CT molecular complexity index is 643. The average Bonchev–Trinajstić information content (AvgIpc) is 2.89. The quantitative estimate of drug-likeness (QED) is 0.681. The predicted octanol–water partition coefficient (Wildman–Crippen LogP) is 2.67. The standard InChI is InChI=1S/C11H8FN3O/c1-6-2-14-11-9(6)7(12)3-15-10(11)8-4-13-5-16-8/h2-5,14H,1H3. The molecule has 0 unspecified atom stereocenters. The zero-order valence-corrected chi connectivity index (χ0v) is 8.49. The minimum atomic E-state index is -0.336. The molecule has 0 aliphatic heterocycles.